The van der Waals surface area contributed by atoms with Gasteiger partial charge in [-0.05, 0) is 43.5 Å². The minimum Gasteiger partial charge on any atom is -0.497 e. The molecular formula is C20H24N4O3S. The number of amides is 2. The maximum Gasteiger partial charge on any atom is 0.256 e. The molecule has 1 aromatic carbocycles. The molecule has 1 aromatic rings. The largest absolute Gasteiger partial charge is 0.497 e. The predicted octanol–water partition coefficient (Wildman–Crippen LogP) is 2.21. The van der Waals surface area contributed by atoms with Crippen LogP contribution in [0.5, 0.6) is 5.75 Å². The van der Waals surface area contributed by atoms with Crippen molar-refractivity contribution in [1.29, 1.82) is 0 Å². The molecule has 0 bridgehead atoms. The maximum absolute atomic E-state index is 12.6. The number of rotatable bonds is 4. The first kappa shape index (κ1) is 19.0. The van der Waals surface area contributed by atoms with Crippen molar-refractivity contribution in [3.05, 3.63) is 24.3 Å². The molecule has 1 saturated heterocycles. The van der Waals surface area contributed by atoms with Gasteiger partial charge in [0.05, 0.1) is 18.8 Å². The van der Waals surface area contributed by atoms with E-state index in [1.807, 2.05) is 29.2 Å². The maximum atomic E-state index is 12.6. The van der Waals surface area contributed by atoms with Crippen molar-refractivity contribution in [2.75, 3.05) is 43.9 Å². The Hall–Kier alpha value is -2.35. The van der Waals surface area contributed by atoms with Crippen molar-refractivity contribution in [2.45, 2.75) is 19.3 Å². The first-order chi connectivity index (χ1) is 13.6. The fraction of sp³-hybridized carbons (Fsp3) is 0.500. The number of ether oxygens (including phenoxy) is 1. The summed E-state index contributed by atoms with van der Waals surface area (Å²) in [5.74, 6) is 0.988. The molecule has 2 aliphatic heterocycles. The van der Waals surface area contributed by atoms with Crippen LogP contribution in [0.2, 0.25) is 0 Å². The number of hydrogen-bond acceptors (Lipinski definition) is 6. The Labute approximate surface area is 168 Å². The highest BCUT2D eigenvalue weighted by molar-refractivity contribution is 8.14. The van der Waals surface area contributed by atoms with Crippen LogP contribution in [-0.2, 0) is 9.59 Å². The van der Waals surface area contributed by atoms with Crippen molar-refractivity contribution in [3.63, 3.8) is 0 Å². The highest BCUT2D eigenvalue weighted by Crippen LogP contribution is 2.28. The molecule has 8 heteroatoms. The zero-order valence-corrected chi connectivity index (χ0v) is 16.8. The van der Waals surface area contributed by atoms with E-state index >= 15 is 0 Å². The Morgan fingerprint density at radius 2 is 1.93 bits per heavy atom. The molecule has 0 radical (unpaired) electrons. The van der Waals surface area contributed by atoms with Gasteiger partial charge in [-0.25, -0.2) is 4.99 Å². The number of piperazine rings is 1. The Balaban J connectivity index is 1.27. The van der Waals surface area contributed by atoms with Crippen LogP contribution in [0.25, 0.3) is 0 Å². The lowest BCUT2D eigenvalue weighted by Gasteiger charge is -2.36. The molecule has 0 aromatic heterocycles. The van der Waals surface area contributed by atoms with Crippen LogP contribution in [0.3, 0.4) is 0 Å². The van der Waals surface area contributed by atoms with Gasteiger partial charge >= 0.3 is 0 Å². The standard InChI is InChI=1S/C20H24N4O3S/c1-27-15-7-5-14(6-8-15)23-9-11-24(12-10-23)18(25)13-28-20-21-17-4-2-3-16(17)19(26)22-20/h5-8,16H,2-4,9-13H2,1H3. The highest BCUT2D eigenvalue weighted by atomic mass is 32.2. The van der Waals surface area contributed by atoms with Crippen LogP contribution in [0.1, 0.15) is 19.3 Å². The van der Waals surface area contributed by atoms with E-state index in [4.69, 9.17) is 4.74 Å². The number of carbonyl (C=O) groups excluding carboxylic acids is 2. The van der Waals surface area contributed by atoms with Gasteiger partial charge in [0.15, 0.2) is 5.17 Å². The smallest absolute Gasteiger partial charge is 0.256 e. The Bertz CT molecular complexity index is 813. The molecule has 3 aliphatic rings. The van der Waals surface area contributed by atoms with E-state index in [9.17, 15) is 9.59 Å². The van der Waals surface area contributed by atoms with Crippen LogP contribution in [0, 0.1) is 5.92 Å². The van der Waals surface area contributed by atoms with Gasteiger partial charge in [0, 0.05) is 37.6 Å². The van der Waals surface area contributed by atoms with Crippen LogP contribution in [-0.4, -0.2) is 66.6 Å². The molecular weight excluding hydrogens is 376 g/mol. The number of aliphatic imine (C=N–C) groups is 2. The molecule has 1 atom stereocenters. The topological polar surface area (TPSA) is 74.6 Å². The third-order valence-electron chi connectivity index (χ3n) is 5.47. The van der Waals surface area contributed by atoms with E-state index in [1.165, 1.54) is 11.8 Å². The van der Waals surface area contributed by atoms with Gasteiger partial charge in [-0.1, -0.05) is 11.8 Å². The van der Waals surface area contributed by atoms with Gasteiger partial charge in [-0.3, -0.25) is 9.59 Å². The number of methoxy groups -OCH3 is 1. The number of fused-ring (bicyclic) bond motifs is 1. The van der Waals surface area contributed by atoms with Crippen molar-refractivity contribution in [1.82, 2.24) is 4.90 Å². The second-order valence-corrected chi connectivity index (χ2v) is 8.08. The molecule has 7 nitrogen and oxygen atoms in total. The number of benzene rings is 1. The molecule has 2 fully saturated rings. The number of thioether (sulfide) groups is 1. The summed E-state index contributed by atoms with van der Waals surface area (Å²) in [5, 5.41) is 0.448. The van der Waals surface area contributed by atoms with Crippen LogP contribution >= 0.6 is 11.8 Å². The fourth-order valence-corrected chi connectivity index (χ4v) is 4.61. The van der Waals surface area contributed by atoms with Gasteiger partial charge in [0.1, 0.15) is 5.75 Å². The zero-order valence-electron chi connectivity index (χ0n) is 16.0. The summed E-state index contributed by atoms with van der Waals surface area (Å²) in [7, 11) is 1.66. The molecule has 0 spiro atoms. The van der Waals surface area contributed by atoms with Crippen molar-refractivity contribution >= 4 is 40.1 Å². The average molecular weight is 401 g/mol. The predicted molar refractivity (Wildman–Crippen MR) is 111 cm³/mol. The minimum atomic E-state index is -0.105. The van der Waals surface area contributed by atoms with Crippen molar-refractivity contribution < 1.29 is 14.3 Å². The zero-order chi connectivity index (χ0) is 19.5. The lowest BCUT2D eigenvalue weighted by atomic mass is 10.1. The summed E-state index contributed by atoms with van der Waals surface area (Å²) in [6.07, 6.45) is 2.73. The first-order valence-corrected chi connectivity index (χ1v) is 10.6. The molecule has 1 aliphatic carbocycles. The van der Waals surface area contributed by atoms with Crippen LogP contribution < -0.4 is 9.64 Å². The average Bonchev–Trinajstić information content (AvgIpc) is 3.21. The van der Waals surface area contributed by atoms with Gasteiger partial charge in [0.2, 0.25) is 5.91 Å². The Kier molecular flexibility index (Phi) is 5.66. The van der Waals surface area contributed by atoms with E-state index in [0.717, 1.165) is 49.5 Å². The Morgan fingerprint density at radius 3 is 2.64 bits per heavy atom. The van der Waals surface area contributed by atoms with Crippen LogP contribution in [0.15, 0.2) is 34.3 Å². The quantitative estimate of drug-likeness (QED) is 0.775. The second-order valence-electron chi connectivity index (χ2n) is 7.14. The molecule has 28 heavy (non-hydrogen) atoms. The summed E-state index contributed by atoms with van der Waals surface area (Å²) in [6.45, 7) is 2.97. The van der Waals surface area contributed by atoms with E-state index in [0.29, 0.717) is 18.3 Å². The number of anilines is 1. The monoisotopic (exact) mass is 400 g/mol. The van der Waals surface area contributed by atoms with Crippen LogP contribution in [0.4, 0.5) is 5.69 Å². The molecule has 1 saturated carbocycles. The Morgan fingerprint density at radius 1 is 1.18 bits per heavy atom. The molecule has 1 unspecified atom stereocenters. The summed E-state index contributed by atoms with van der Waals surface area (Å²) in [6, 6.07) is 7.98. The lowest BCUT2D eigenvalue weighted by Crippen LogP contribution is -2.49. The minimum absolute atomic E-state index is 0.0725. The highest BCUT2D eigenvalue weighted by Gasteiger charge is 2.33. The summed E-state index contributed by atoms with van der Waals surface area (Å²) < 4.78 is 5.20. The number of nitrogens with zero attached hydrogens (tertiary/aromatic N) is 4. The van der Waals surface area contributed by atoms with E-state index in [2.05, 4.69) is 14.9 Å². The van der Waals surface area contributed by atoms with Gasteiger partial charge in [-0.2, -0.15) is 4.99 Å². The molecule has 4 rings (SSSR count). The van der Waals surface area contributed by atoms with E-state index in [-0.39, 0.29) is 23.5 Å². The molecule has 2 amide bonds. The van der Waals surface area contributed by atoms with Gasteiger partial charge in [0.25, 0.3) is 5.91 Å². The third kappa shape index (κ3) is 4.06. The number of hydrogen-bond donors (Lipinski definition) is 0. The van der Waals surface area contributed by atoms with Crippen molar-refractivity contribution in [2.24, 2.45) is 15.9 Å². The normalized spacial score (nSPS) is 21.9. The summed E-state index contributed by atoms with van der Waals surface area (Å²) >= 11 is 1.28. The van der Waals surface area contributed by atoms with Crippen molar-refractivity contribution in [3.8, 4) is 5.75 Å². The number of carbonyl (C=O) groups is 2. The van der Waals surface area contributed by atoms with E-state index < -0.39 is 0 Å². The molecule has 0 N–H and O–H groups in total. The van der Waals surface area contributed by atoms with Gasteiger partial charge in [-0.15, -0.1) is 0 Å². The number of amidine groups is 1. The lowest BCUT2D eigenvalue weighted by molar-refractivity contribution is -0.128. The summed E-state index contributed by atoms with van der Waals surface area (Å²) in [4.78, 5) is 37.3. The van der Waals surface area contributed by atoms with E-state index in [1.54, 1.807) is 7.11 Å². The summed E-state index contributed by atoms with van der Waals surface area (Å²) in [5.41, 5.74) is 2.09. The molecule has 148 valence electrons. The second kappa shape index (κ2) is 8.34. The molecule has 2 heterocycles. The SMILES string of the molecule is COc1ccc(N2CCN(C(=O)CSC3=NC(=O)C4CCCC4=N3)CC2)cc1. The fourth-order valence-electron chi connectivity index (χ4n) is 3.84. The third-order valence-corrected chi connectivity index (χ3v) is 6.30. The first-order valence-electron chi connectivity index (χ1n) is 9.63. The van der Waals surface area contributed by atoms with Gasteiger partial charge < -0.3 is 14.5 Å².